The van der Waals surface area contributed by atoms with Gasteiger partial charge in [-0.05, 0) is 23.8 Å². The third-order valence-electron chi connectivity index (χ3n) is 5.26. The number of aromatic nitrogens is 2. The monoisotopic (exact) mass is 418 g/mol. The number of rotatable bonds is 8. The van der Waals surface area contributed by atoms with Gasteiger partial charge in [0.1, 0.15) is 0 Å². The van der Waals surface area contributed by atoms with Crippen LogP contribution in [0.2, 0.25) is 0 Å². The van der Waals surface area contributed by atoms with Crippen molar-refractivity contribution in [2.45, 2.75) is 5.92 Å². The maximum atomic E-state index is 11.4. The van der Waals surface area contributed by atoms with Crippen LogP contribution in [0.4, 0.5) is 11.5 Å². The molecule has 0 radical (unpaired) electrons. The lowest BCUT2D eigenvalue weighted by Gasteiger charge is -2.22. The normalized spacial score (nSPS) is 11.8. The second-order valence-corrected chi connectivity index (χ2v) is 6.93. The van der Waals surface area contributed by atoms with Crippen molar-refractivity contribution in [2.75, 3.05) is 26.1 Å². The third-order valence-corrected chi connectivity index (χ3v) is 5.26. The summed E-state index contributed by atoms with van der Waals surface area (Å²) in [5.74, 6) is 1.27. The van der Waals surface area contributed by atoms with Crippen LogP contribution < -0.4 is 14.8 Å². The molecule has 0 fully saturated rings. The zero-order chi connectivity index (χ0) is 21.8. The topological polar surface area (TPSA) is 102 Å². The lowest BCUT2D eigenvalue weighted by Crippen LogP contribution is -2.16. The Bertz CT molecular complexity index is 1220. The van der Waals surface area contributed by atoms with E-state index >= 15 is 0 Å². The summed E-state index contributed by atoms with van der Waals surface area (Å²) in [6, 6.07) is 16.7. The number of ether oxygens (including phenoxy) is 2. The van der Waals surface area contributed by atoms with Gasteiger partial charge in [0, 0.05) is 47.4 Å². The molecule has 0 aliphatic carbocycles. The van der Waals surface area contributed by atoms with Gasteiger partial charge in [-0.3, -0.25) is 10.1 Å². The molecule has 8 nitrogen and oxygen atoms in total. The average Bonchev–Trinajstić information content (AvgIpc) is 3.23. The fourth-order valence-electron chi connectivity index (χ4n) is 3.84. The van der Waals surface area contributed by atoms with Crippen molar-refractivity contribution in [3.63, 3.8) is 0 Å². The van der Waals surface area contributed by atoms with Crippen molar-refractivity contribution in [3.8, 4) is 11.5 Å². The molecule has 0 saturated carbocycles. The van der Waals surface area contributed by atoms with Crippen molar-refractivity contribution < 1.29 is 14.4 Å². The Morgan fingerprint density at radius 3 is 2.68 bits per heavy atom. The highest BCUT2D eigenvalue weighted by Crippen LogP contribution is 2.40. The first-order chi connectivity index (χ1) is 15.1. The summed E-state index contributed by atoms with van der Waals surface area (Å²) in [6.07, 6.45) is 3.49. The van der Waals surface area contributed by atoms with Gasteiger partial charge in [0.05, 0.1) is 19.1 Å². The van der Waals surface area contributed by atoms with Gasteiger partial charge >= 0.3 is 5.69 Å². The van der Waals surface area contributed by atoms with Gasteiger partial charge in [0.2, 0.25) is 5.82 Å². The highest BCUT2D eigenvalue weighted by molar-refractivity contribution is 5.84. The zero-order valence-electron chi connectivity index (χ0n) is 17.2. The van der Waals surface area contributed by atoms with Gasteiger partial charge < -0.3 is 19.8 Å². The number of hydrogen-bond donors (Lipinski definition) is 2. The molecule has 31 heavy (non-hydrogen) atoms. The third kappa shape index (κ3) is 3.87. The van der Waals surface area contributed by atoms with Crippen LogP contribution in [0.15, 0.2) is 67.0 Å². The number of methoxy groups -OCH3 is 2. The van der Waals surface area contributed by atoms with E-state index in [0.717, 1.165) is 22.0 Å². The molecule has 1 atom stereocenters. The summed E-state index contributed by atoms with van der Waals surface area (Å²) in [4.78, 5) is 18.4. The molecule has 0 saturated heterocycles. The summed E-state index contributed by atoms with van der Waals surface area (Å²) in [6.45, 7) is 0.364. The minimum Gasteiger partial charge on any atom is -0.493 e. The summed E-state index contributed by atoms with van der Waals surface area (Å²) in [7, 11) is 3.20. The Hall–Kier alpha value is -4.07. The molecule has 0 bridgehead atoms. The van der Waals surface area contributed by atoms with E-state index in [1.807, 2.05) is 48.7 Å². The molecule has 2 aromatic carbocycles. The minimum atomic E-state index is -0.442. The van der Waals surface area contributed by atoms with Crippen LogP contribution in [0.3, 0.4) is 0 Å². The summed E-state index contributed by atoms with van der Waals surface area (Å²) in [5.41, 5.74) is 2.87. The molecule has 2 heterocycles. The van der Waals surface area contributed by atoms with Gasteiger partial charge in [0.15, 0.2) is 11.5 Å². The Balaban J connectivity index is 1.81. The van der Waals surface area contributed by atoms with Crippen molar-refractivity contribution in [1.29, 1.82) is 0 Å². The number of H-pyrrole nitrogens is 1. The minimum absolute atomic E-state index is 0.0715. The van der Waals surface area contributed by atoms with Crippen LogP contribution in [0.25, 0.3) is 10.9 Å². The van der Waals surface area contributed by atoms with Crippen LogP contribution in [-0.2, 0) is 0 Å². The maximum absolute atomic E-state index is 11.4. The zero-order valence-corrected chi connectivity index (χ0v) is 17.2. The molecule has 2 N–H and O–H groups in total. The van der Waals surface area contributed by atoms with E-state index in [-0.39, 0.29) is 17.4 Å². The number of nitro groups is 1. The van der Waals surface area contributed by atoms with Crippen LogP contribution >= 0.6 is 0 Å². The van der Waals surface area contributed by atoms with Gasteiger partial charge in [-0.15, -0.1) is 0 Å². The fraction of sp³-hybridized carbons (Fsp3) is 0.174. The van der Waals surface area contributed by atoms with E-state index in [2.05, 4.69) is 15.3 Å². The van der Waals surface area contributed by atoms with E-state index in [0.29, 0.717) is 18.0 Å². The molecule has 0 spiro atoms. The Morgan fingerprint density at radius 2 is 1.90 bits per heavy atom. The maximum Gasteiger partial charge on any atom is 0.311 e. The molecule has 158 valence electrons. The van der Waals surface area contributed by atoms with E-state index < -0.39 is 4.92 Å². The standard InChI is InChI=1S/C23H22N4O4/c1-30-21-11-5-8-16(22(21)31-2)18(17-13-25-19-9-4-3-7-15(17)19)14-26-23-20(27(28)29)10-6-12-24-23/h3-13,18,25H,14H2,1-2H3,(H,24,26). The quantitative estimate of drug-likeness (QED) is 0.317. The Labute approximate surface area is 179 Å². The van der Waals surface area contributed by atoms with Crippen molar-refractivity contribution in [2.24, 2.45) is 0 Å². The molecule has 0 amide bonds. The van der Waals surface area contributed by atoms with Gasteiger partial charge in [-0.25, -0.2) is 4.98 Å². The van der Waals surface area contributed by atoms with Crippen molar-refractivity contribution in [1.82, 2.24) is 9.97 Å². The Morgan fingerprint density at radius 1 is 1.06 bits per heavy atom. The van der Waals surface area contributed by atoms with E-state index in [4.69, 9.17) is 9.47 Å². The molecule has 8 heteroatoms. The van der Waals surface area contributed by atoms with Gasteiger partial charge in [-0.1, -0.05) is 30.3 Å². The van der Waals surface area contributed by atoms with Crippen LogP contribution in [0.5, 0.6) is 11.5 Å². The van der Waals surface area contributed by atoms with Crippen LogP contribution in [-0.4, -0.2) is 35.7 Å². The number of nitrogens with one attached hydrogen (secondary N) is 2. The molecule has 0 aliphatic heterocycles. The lowest BCUT2D eigenvalue weighted by molar-refractivity contribution is -0.384. The van der Waals surface area contributed by atoms with Crippen LogP contribution in [0.1, 0.15) is 17.0 Å². The van der Waals surface area contributed by atoms with E-state index in [1.54, 1.807) is 20.3 Å². The molecular formula is C23H22N4O4. The Kier molecular flexibility index (Phi) is 5.70. The predicted molar refractivity (Wildman–Crippen MR) is 119 cm³/mol. The van der Waals surface area contributed by atoms with E-state index in [9.17, 15) is 10.1 Å². The van der Waals surface area contributed by atoms with Crippen molar-refractivity contribution >= 4 is 22.4 Å². The summed E-state index contributed by atoms with van der Waals surface area (Å²) < 4.78 is 11.2. The highest BCUT2D eigenvalue weighted by atomic mass is 16.6. The predicted octanol–water partition coefficient (Wildman–Crippen LogP) is 4.73. The fourth-order valence-corrected chi connectivity index (χ4v) is 3.84. The number of para-hydroxylation sites is 2. The number of hydrogen-bond acceptors (Lipinski definition) is 6. The first kappa shape index (κ1) is 20.2. The highest BCUT2D eigenvalue weighted by Gasteiger charge is 2.25. The summed E-state index contributed by atoms with van der Waals surface area (Å²) in [5, 5.41) is 15.6. The molecule has 4 aromatic rings. The number of fused-ring (bicyclic) bond motifs is 1. The van der Waals surface area contributed by atoms with Crippen LogP contribution in [0, 0.1) is 10.1 Å². The average molecular weight is 418 g/mol. The molecule has 4 rings (SSSR count). The first-order valence-electron chi connectivity index (χ1n) is 9.74. The van der Waals surface area contributed by atoms with Crippen molar-refractivity contribution in [3.05, 3.63) is 88.2 Å². The SMILES string of the molecule is COc1cccc(C(CNc2ncccc2[N+](=O)[O-])c2c[nH]c3ccccc23)c1OC. The van der Waals surface area contributed by atoms with E-state index in [1.165, 1.54) is 12.3 Å². The second-order valence-electron chi connectivity index (χ2n) is 6.93. The largest absolute Gasteiger partial charge is 0.493 e. The number of aromatic amines is 1. The molecule has 2 aromatic heterocycles. The summed E-state index contributed by atoms with van der Waals surface area (Å²) >= 11 is 0. The molecule has 0 aliphatic rings. The number of anilines is 1. The lowest BCUT2D eigenvalue weighted by atomic mass is 9.90. The molecular weight excluding hydrogens is 396 g/mol. The number of benzene rings is 2. The number of nitrogens with zero attached hydrogens (tertiary/aromatic N) is 2. The van der Waals surface area contributed by atoms with Gasteiger partial charge in [-0.2, -0.15) is 0 Å². The smallest absolute Gasteiger partial charge is 0.311 e. The number of pyridine rings is 1. The van der Waals surface area contributed by atoms with Gasteiger partial charge in [0.25, 0.3) is 0 Å². The molecule has 1 unspecified atom stereocenters. The second kappa shape index (κ2) is 8.74. The first-order valence-corrected chi connectivity index (χ1v) is 9.74.